The van der Waals surface area contributed by atoms with Crippen LogP contribution in [-0.2, 0) is 31.1 Å². The van der Waals surface area contributed by atoms with E-state index in [0.29, 0.717) is 27.6 Å². The maximum absolute atomic E-state index is 14.1. The Bertz CT molecular complexity index is 1580. The zero-order valence-electron chi connectivity index (χ0n) is 19.3. The first-order chi connectivity index (χ1) is 17.2. The highest BCUT2D eigenvalue weighted by molar-refractivity contribution is 5.93. The van der Waals surface area contributed by atoms with Crippen LogP contribution < -0.4 is 11.3 Å². The number of halogens is 3. The highest BCUT2D eigenvalue weighted by Gasteiger charge is 2.35. The average Bonchev–Trinajstić information content (AvgIpc) is 3.61. The zero-order valence-corrected chi connectivity index (χ0v) is 19.3. The zero-order chi connectivity index (χ0) is 25.6. The number of alkyl halides is 3. The van der Waals surface area contributed by atoms with E-state index in [4.69, 9.17) is 17.0 Å². The standard InChI is InChI=1S/C26H22F3N5O2/c1-31-23-8-15(13-36-17-4-5-17)22(26(27,28)29)9-20(23)24-21(12-33-34(24)2)14-3-6-18-19(7-14)16(10-30)11-32-25(18)35/h3,6-9,11-12,17H,4-5,10,13,30H2,2H3,(H,32,35). The van der Waals surface area contributed by atoms with Gasteiger partial charge in [0.25, 0.3) is 5.56 Å². The lowest BCUT2D eigenvalue weighted by atomic mass is 9.94. The van der Waals surface area contributed by atoms with E-state index in [2.05, 4.69) is 14.9 Å². The Morgan fingerprint density at radius 2 is 1.97 bits per heavy atom. The molecule has 1 fully saturated rings. The topological polar surface area (TPSA) is 90.3 Å². The molecule has 1 aliphatic carbocycles. The number of pyridine rings is 1. The number of nitrogens with one attached hydrogen (secondary N) is 1. The number of aromatic amines is 1. The number of fused-ring (bicyclic) bond motifs is 1. The molecule has 0 saturated heterocycles. The fraction of sp³-hybridized carbons (Fsp3) is 0.269. The second kappa shape index (κ2) is 8.93. The molecule has 2 aromatic carbocycles. The second-order valence-corrected chi connectivity index (χ2v) is 8.78. The summed E-state index contributed by atoms with van der Waals surface area (Å²) >= 11 is 0. The molecule has 0 radical (unpaired) electrons. The molecule has 0 aliphatic heterocycles. The number of nitrogens with two attached hydrogens (primary N) is 1. The SMILES string of the molecule is [C-]#[N+]c1cc(COC2CC2)c(C(F)(F)F)cc1-c1c(-c2ccc3c(=O)[nH]cc(CN)c3c2)cnn1C. The summed E-state index contributed by atoms with van der Waals surface area (Å²) in [4.78, 5) is 18.5. The van der Waals surface area contributed by atoms with Crippen molar-refractivity contribution in [2.75, 3.05) is 0 Å². The molecule has 5 rings (SSSR count). The highest BCUT2D eigenvalue weighted by Crippen LogP contribution is 2.43. The van der Waals surface area contributed by atoms with Crippen molar-refractivity contribution in [3.05, 3.63) is 81.2 Å². The van der Waals surface area contributed by atoms with Crippen molar-refractivity contribution in [1.29, 1.82) is 0 Å². The predicted octanol–water partition coefficient (Wildman–Crippen LogP) is 5.30. The van der Waals surface area contributed by atoms with E-state index in [0.717, 1.165) is 24.5 Å². The molecule has 10 heteroatoms. The van der Waals surface area contributed by atoms with Gasteiger partial charge < -0.3 is 15.5 Å². The summed E-state index contributed by atoms with van der Waals surface area (Å²) in [5.41, 5.74) is 7.11. The molecular formula is C26H22F3N5O2. The molecule has 1 aliphatic rings. The van der Waals surface area contributed by atoms with Crippen LogP contribution in [0.2, 0.25) is 0 Å². The van der Waals surface area contributed by atoms with Gasteiger partial charge in [-0.3, -0.25) is 9.48 Å². The fourth-order valence-corrected chi connectivity index (χ4v) is 4.36. The van der Waals surface area contributed by atoms with Crippen LogP contribution in [-0.4, -0.2) is 20.9 Å². The van der Waals surface area contributed by atoms with Crippen LogP contribution in [0.15, 0.2) is 47.5 Å². The number of rotatable bonds is 6. The fourth-order valence-electron chi connectivity index (χ4n) is 4.36. The van der Waals surface area contributed by atoms with Gasteiger partial charge in [0.2, 0.25) is 0 Å². The van der Waals surface area contributed by atoms with E-state index < -0.39 is 11.7 Å². The third kappa shape index (κ3) is 4.27. The molecular weight excluding hydrogens is 471 g/mol. The summed E-state index contributed by atoms with van der Waals surface area (Å²) < 4.78 is 49.2. The van der Waals surface area contributed by atoms with Gasteiger partial charge in [0.05, 0.1) is 36.7 Å². The first-order valence-corrected chi connectivity index (χ1v) is 11.3. The lowest BCUT2D eigenvalue weighted by molar-refractivity contribution is -0.138. The van der Waals surface area contributed by atoms with Crippen molar-refractivity contribution in [3.8, 4) is 22.4 Å². The van der Waals surface area contributed by atoms with Crippen molar-refractivity contribution < 1.29 is 17.9 Å². The van der Waals surface area contributed by atoms with Gasteiger partial charge in [0, 0.05) is 36.3 Å². The maximum atomic E-state index is 14.1. The monoisotopic (exact) mass is 493 g/mol. The van der Waals surface area contributed by atoms with Gasteiger partial charge in [-0.25, -0.2) is 4.85 Å². The minimum atomic E-state index is -4.63. The molecule has 7 nitrogen and oxygen atoms in total. The third-order valence-corrected chi connectivity index (χ3v) is 6.36. The van der Waals surface area contributed by atoms with Gasteiger partial charge in [0.1, 0.15) is 0 Å². The Kier molecular flexibility index (Phi) is 5.90. The number of H-pyrrole nitrogens is 1. The lowest BCUT2D eigenvalue weighted by Crippen LogP contribution is -2.11. The number of aromatic nitrogens is 3. The Morgan fingerprint density at radius 1 is 1.19 bits per heavy atom. The molecule has 0 unspecified atom stereocenters. The van der Waals surface area contributed by atoms with Crippen molar-refractivity contribution in [3.63, 3.8) is 0 Å². The van der Waals surface area contributed by atoms with Crippen molar-refractivity contribution in [1.82, 2.24) is 14.8 Å². The first-order valence-electron chi connectivity index (χ1n) is 11.3. The molecule has 184 valence electrons. The Balaban J connectivity index is 1.70. The minimum Gasteiger partial charge on any atom is -0.374 e. The number of hydrogen-bond acceptors (Lipinski definition) is 4. The largest absolute Gasteiger partial charge is 0.416 e. The van der Waals surface area contributed by atoms with Gasteiger partial charge in [0.15, 0.2) is 5.69 Å². The molecule has 1 saturated carbocycles. The van der Waals surface area contributed by atoms with Gasteiger partial charge in [-0.05, 0) is 53.1 Å². The summed E-state index contributed by atoms with van der Waals surface area (Å²) in [7, 11) is 1.61. The normalized spacial score (nSPS) is 13.8. The summed E-state index contributed by atoms with van der Waals surface area (Å²) in [6.07, 6.45) is 0.0962. The molecule has 2 aromatic heterocycles. The van der Waals surface area contributed by atoms with Gasteiger partial charge in [-0.2, -0.15) is 18.3 Å². The van der Waals surface area contributed by atoms with Crippen molar-refractivity contribution in [2.45, 2.75) is 38.3 Å². The summed E-state index contributed by atoms with van der Waals surface area (Å²) in [5.74, 6) is 0. The Morgan fingerprint density at radius 3 is 2.64 bits per heavy atom. The minimum absolute atomic E-state index is 0.0237. The predicted molar refractivity (Wildman–Crippen MR) is 129 cm³/mol. The van der Waals surface area contributed by atoms with Crippen molar-refractivity contribution in [2.24, 2.45) is 12.8 Å². The highest BCUT2D eigenvalue weighted by atomic mass is 19.4. The van der Waals surface area contributed by atoms with E-state index in [1.54, 1.807) is 31.4 Å². The van der Waals surface area contributed by atoms with Gasteiger partial charge in [-0.1, -0.05) is 12.1 Å². The number of benzene rings is 2. The number of aryl methyl sites for hydroxylation is 1. The van der Waals surface area contributed by atoms with Crippen LogP contribution >= 0.6 is 0 Å². The Labute approximate surface area is 204 Å². The van der Waals surface area contributed by atoms with E-state index in [1.165, 1.54) is 16.9 Å². The molecule has 4 aromatic rings. The maximum Gasteiger partial charge on any atom is 0.416 e. The quantitative estimate of drug-likeness (QED) is 0.357. The van der Waals surface area contributed by atoms with Crippen LogP contribution in [0.4, 0.5) is 18.9 Å². The van der Waals surface area contributed by atoms with Crippen LogP contribution in [0, 0.1) is 6.57 Å². The van der Waals surface area contributed by atoms with E-state index >= 15 is 0 Å². The van der Waals surface area contributed by atoms with Crippen LogP contribution in [0.25, 0.3) is 38.0 Å². The number of hydrogen-bond donors (Lipinski definition) is 2. The molecule has 0 bridgehead atoms. The molecule has 2 heterocycles. The van der Waals surface area contributed by atoms with Crippen molar-refractivity contribution >= 4 is 16.5 Å². The molecule has 0 amide bonds. The summed E-state index contributed by atoms with van der Waals surface area (Å²) in [6, 6.07) is 7.40. The van der Waals surface area contributed by atoms with E-state index in [9.17, 15) is 18.0 Å². The molecule has 36 heavy (non-hydrogen) atoms. The average molecular weight is 493 g/mol. The lowest BCUT2D eigenvalue weighted by Gasteiger charge is -2.17. The molecule has 0 spiro atoms. The molecule has 3 N–H and O–H groups in total. The summed E-state index contributed by atoms with van der Waals surface area (Å²) in [6.45, 7) is 7.68. The Hall–Kier alpha value is -3.94. The van der Waals surface area contributed by atoms with Gasteiger partial charge >= 0.3 is 6.18 Å². The van der Waals surface area contributed by atoms with E-state index in [1.807, 2.05) is 0 Å². The van der Waals surface area contributed by atoms with Gasteiger partial charge in [-0.15, -0.1) is 0 Å². The second-order valence-electron chi connectivity index (χ2n) is 8.78. The smallest absolute Gasteiger partial charge is 0.374 e. The van der Waals surface area contributed by atoms with Crippen LogP contribution in [0.1, 0.15) is 29.5 Å². The number of nitrogens with zero attached hydrogens (tertiary/aromatic N) is 3. The summed E-state index contributed by atoms with van der Waals surface area (Å²) in [5, 5.41) is 5.38. The van der Waals surface area contributed by atoms with Crippen LogP contribution in [0.3, 0.4) is 0 Å². The molecule has 0 atom stereocenters. The first kappa shape index (κ1) is 23.8. The van der Waals surface area contributed by atoms with Crippen LogP contribution in [0.5, 0.6) is 0 Å². The third-order valence-electron chi connectivity index (χ3n) is 6.36. The van der Waals surface area contributed by atoms with E-state index in [-0.39, 0.29) is 41.6 Å². The number of ether oxygens (including phenoxy) is 1.